The van der Waals surface area contributed by atoms with Crippen molar-refractivity contribution in [1.82, 2.24) is 9.97 Å². The summed E-state index contributed by atoms with van der Waals surface area (Å²) in [5, 5.41) is 0. The third-order valence-corrected chi connectivity index (χ3v) is 2.84. The van der Waals surface area contributed by atoms with E-state index in [1.807, 2.05) is 0 Å². The first-order chi connectivity index (χ1) is 7.22. The second-order valence-electron chi connectivity index (χ2n) is 4.10. The number of fused-ring (bicyclic) bond motifs is 1. The van der Waals surface area contributed by atoms with E-state index >= 15 is 0 Å². The van der Waals surface area contributed by atoms with Crippen LogP contribution in [0, 0.1) is 0 Å². The average Bonchev–Trinajstić information content (AvgIpc) is 2.66. The van der Waals surface area contributed by atoms with Gasteiger partial charge >= 0.3 is 0 Å². The van der Waals surface area contributed by atoms with E-state index in [-0.39, 0.29) is 5.92 Å². The van der Waals surface area contributed by atoms with Crippen molar-refractivity contribution in [1.29, 1.82) is 0 Å². The van der Waals surface area contributed by atoms with Crippen LogP contribution in [0.1, 0.15) is 36.3 Å². The Morgan fingerprint density at radius 1 is 1.40 bits per heavy atom. The number of aromatic nitrogens is 2. The molecule has 4 heteroatoms. The van der Waals surface area contributed by atoms with E-state index in [2.05, 4.69) is 16.9 Å². The molecule has 0 spiro atoms. The zero-order valence-corrected chi connectivity index (χ0v) is 9.29. The largest absolute Gasteiger partial charge is 0.384 e. The summed E-state index contributed by atoms with van der Waals surface area (Å²) >= 11 is 0. The Morgan fingerprint density at radius 3 is 2.93 bits per heavy atom. The van der Waals surface area contributed by atoms with Gasteiger partial charge in [-0.1, -0.05) is 6.92 Å². The summed E-state index contributed by atoms with van der Waals surface area (Å²) in [4.78, 5) is 8.91. The number of hydrogen-bond donors (Lipinski definition) is 1. The predicted octanol–water partition coefficient (Wildman–Crippen LogP) is 1.30. The van der Waals surface area contributed by atoms with Crippen molar-refractivity contribution in [2.24, 2.45) is 0 Å². The fraction of sp³-hybridized carbons (Fsp3) is 0.636. The van der Waals surface area contributed by atoms with Crippen LogP contribution < -0.4 is 5.73 Å². The van der Waals surface area contributed by atoms with E-state index in [1.165, 1.54) is 0 Å². The van der Waals surface area contributed by atoms with E-state index in [0.29, 0.717) is 12.4 Å². The number of nitrogens with zero attached hydrogens (tertiary/aromatic N) is 2. The van der Waals surface area contributed by atoms with Crippen molar-refractivity contribution < 1.29 is 4.74 Å². The molecule has 1 heterocycles. The SMILES string of the molecule is COCC(C)c1nc(N)c2c(n1)CCC2. The molecule has 0 radical (unpaired) electrons. The van der Waals surface area contributed by atoms with Crippen molar-refractivity contribution in [2.45, 2.75) is 32.1 Å². The quantitative estimate of drug-likeness (QED) is 0.811. The van der Waals surface area contributed by atoms with Gasteiger partial charge in [0.25, 0.3) is 0 Å². The van der Waals surface area contributed by atoms with Crippen molar-refractivity contribution in [3.8, 4) is 0 Å². The van der Waals surface area contributed by atoms with Crippen LogP contribution in [0.2, 0.25) is 0 Å². The van der Waals surface area contributed by atoms with Crippen molar-refractivity contribution in [3.05, 3.63) is 17.1 Å². The summed E-state index contributed by atoms with van der Waals surface area (Å²) < 4.78 is 5.10. The minimum atomic E-state index is 0.211. The van der Waals surface area contributed by atoms with Crippen LogP contribution in [-0.4, -0.2) is 23.7 Å². The monoisotopic (exact) mass is 207 g/mol. The number of ether oxygens (including phenoxy) is 1. The summed E-state index contributed by atoms with van der Waals surface area (Å²) in [6, 6.07) is 0. The molecule has 0 aromatic carbocycles. The molecule has 15 heavy (non-hydrogen) atoms. The Morgan fingerprint density at radius 2 is 2.20 bits per heavy atom. The molecule has 4 nitrogen and oxygen atoms in total. The summed E-state index contributed by atoms with van der Waals surface area (Å²) in [7, 11) is 1.69. The van der Waals surface area contributed by atoms with Crippen molar-refractivity contribution in [3.63, 3.8) is 0 Å². The minimum absolute atomic E-state index is 0.211. The molecule has 0 bridgehead atoms. The maximum Gasteiger partial charge on any atom is 0.136 e. The minimum Gasteiger partial charge on any atom is -0.384 e. The van der Waals surface area contributed by atoms with Gasteiger partial charge in [-0.25, -0.2) is 9.97 Å². The van der Waals surface area contributed by atoms with Crippen molar-refractivity contribution >= 4 is 5.82 Å². The summed E-state index contributed by atoms with van der Waals surface area (Å²) in [6.45, 7) is 2.69. The molecule has 0 saturated heterocycles. The molecular formula is C11H17N3O. The molecule has 0 aliphatic heterocycles. The normalized spacial score (nSPS) is 16.4. The summed E-state index contributed by atoms with van der Waals surface area (Å²) in [5.74, 6) is 1.69. The number of nitrogens with two attached hydrogens (primary N) is 1. The lowest BCUT2D eigenvalue weighted by molar-refractivity contribution is 0.181. The first kappa shape index (κ1) is 10.4. The summed E-state index contributed by atoms with van der Waals surface area (Å²) in [5.41, 5.74) is 8.21. The number of rotatable bonds is 3. The molecular weight excluding hydrogens is 190 g/mol. The molecule has 1 aliphatic carbocycles. The van der Waals surface area contributed by atoms with Gasteiger partial charge < -0.3 is 10.5 Å². The molecule has 0 saturated carbocycles. The van der Waals surface area contributed by atoms with Gasteiger partial charge in [0.05, 0.1) is 6.61 Å². The highest BCUT2D eigenvalue weighted by Gasteiger charge is 2.19. The highest BCUT2D eigenvalue weighted by atomic mass is 16.5. The number of aryl methyl sites for hydroxylation is 1. The molecule has 1 unspecified atom stereocenters. The second-order valence-corrected chi connectivity index (χ2v) is 4.10. The smallest absolute Gasteiger partial charge is 0.136 e. The predicted molar refractivity (Wildman–Crippen MR) is 58.8 cm³/mol. The van der Waals surface area contributed by atoms with E-state index in [9.17, 15) is 0 Å². The highest BCUT2D eigenvalue weighted by molar-refractivity contribution is 5.44. The maximum absolute atomic E-state index is 5.91. The van der Waals surface area contributed by atoms with Gasteiger partial charge in [0.2, 0.25) is 0 Å². The lowest BCUT2D eigenvalue weighted by atomic mass is 10.1. The zero-order valence-electron chi connectivity index (χ0n) is 9.29. The van der Waals surface area contributed by atoms with Gasteiger partial charge in [0.15, 0.2) is 0 Å². The molecule has 2 N–H and O–H groups in total. The van der Waals surface area contributed by atoms with Gasteiger partial charge in [-0.2, -0.15) is 0 Å². The third-order valence-electron chi connectivity index (χ3n) is 2.84. The first-order valence-corrected chi connectivity index (χ1v) is 5.36. The molecule has 1 aromatic heterocycles. The molecule has 1 atom stereocenters. The van der Waals surface area contributed by atoms with E-state index in [1.54, 1.807) is 7.11 Å². The van der Waals surface area contributed by atoms with Crippen LogP contribution in [0.4, 0.5) is 5.82 Å². The average molecular weight is 207 g/mol. The second kappa shape index (κ2) is 4.14. The Bertz CT molecular complexity index is 365. The van der Waals surface area contributed by atoms with Crippen LogP contribution >= 0.6 is 0 Å². The molecule has 0 amide bonds. The van der Waals surface area contributed by atoms with E-state index in [4.69, 9.17) is 10.5 Å². The third kappa shape index (κ3) is 1.95. The maximum atomic E-state index is 5.91. The molecule has 82 valence electrons. The Balaban J connectivity index is 2.30. The first-order valence-electron chi connectivity index (χ1n) is 5.36. The molecule has 2 rings (SSSR count). The topological polar surface area (TPSA) is 61.0 Å². The van der Waals surface area contributed by atoms with Gasteiger partial charge in [-0.3, -0.25) is 0 Å². The van der Waals surface area contributed by atoms with Crippen LogP contribution in [0.5, 0.6) is 0 Å². The fourth-order valence-corrected chi connectivity index (χ4v) is 2.03. The van der Waals surface area contributed by atoms with Crippen LogP contribution in [0.3, 0.4) is 0 Å². The van der Waals surface area contributed by atoms with E-state index in [0.717, 1.165) is 36.3 Å². The lowest BCUT2D eigenvalue weighted by Crippen LogP contribution is -2.11. The molecule has 1 aliphatic rings. The highest BCUT2D eigenvalue weighted by Crippen LogP contribution is 2.26. The Labute approximate surface area is 89.9 Å². The Hall–Kier alpha value is -1.16. The van der Waals surface area contributed by atoms with Crippen LogP contribution in [0.25, 0.3) is 0 Å². The lowest BCUT2D eigenvalue weighted by Gasteiger charge is -2.11. The van der Waals surface area contributed by atoms with Gasteiger partial charge in [-0.05, 0) is 19.3 Å². The van der Waals surface area contributed by atoms with Gasteiger partial charge in [-0.15, -0.1) is 0 Å². The number of nitrogen functional groups attached to an aromatic ring is 1. The number of hydrogen-bond acceptors (Lipinski definition) is 4. The number of methoxy groups -OCH3 is 1. The standard InChI is InChI=1S/C11H17N3O/c1-7(6-15-2)11-13-9-5-3-4-8(9)10(12)14-11/h7H,3-6H2,1-2H3,(H2,12,13,14). The van der Waals surface area contributed by atoms with Gasteiger partial charge in [0, 0.05) is 24.3 Å². The summed E-state index contributed by atoms with van der Waals surface area (Å²) in [6.07, 6.45) is 3.21. The Kier molecular flexibility index (Phi) is 2.86. The van der Waals surface area contributed by atoms with Gasteiger partial charge in [0.1, 0.15) is 11.6 Å². The molecule has 0 fully saturated rings. The van der Waals surface area contributed by atoms with Crippen LogP contribution in [0.15, 0.2) is 0 Å². The molecule has 1 aromatic rings. The zero-order chi connectivity index (χ0) is 10.8. The van der Waals surface area contributed by atoms with Crippen molar-refractivity contribution in [2.75, 3.05) is 19.5 Å². The van der Waals surface area contributed by atoms with Crippen LogP contribution in [-0.2, 0) is 17.6 Å². The van der Waals surface area contributed by atoms with E-state index < -0.39 is 0 Å². The number of anilines is 1. The fourth-order valence-electron chi connectivity index (χ4n) is 2.03.